The van der Waals surface area contributed by atoms with Gasteiger partial charge in [-0.1, -0.05) is 13.8 Å². The van der Waals surface area contributed by atoms with E-state index in [0.29, 0.717) is 0 Å². The molecule has 0 aromatic rings. The number of carbonyl (C=O) groups is 3. The van der Waals surface area contributed by atoms with Gasteiger partial charge in [0.25, 0.3) is 0 Å². The number of esters is 1. The van der Waals surface area contributed by atoms with Crippen LogP contribution in [0.1, 0.15) is 20.3 Å². The predicted molar refractivity (Wildman–Crippen MR) is 78.7 cm³/mol. The molecular formula is C14H19F7N2O5. The van der Waals surface area contributed by atoms with E-state index in [0.717, 1.165) is 7.11 Å². The molecule has 0 saturated carbocycles. The summed E-state index contributed by atoms with van der Waals surface area (Å²) in [6.45, 7) is -0.142. The molecule has 0 radical (unpaired) electrons. The lowest BCUT2D eigenvalue weighted by atomic mass is 10.0. The summed E-state index contributed by atoms with van der Waals surface area (Å²) in [5, 5.41) is 3.95. The van der Waals surface area contributed by atoms with E-state index in [9.17, 15) is 45.1 Å². The Kier molecular flexibility index (Phi) is 8.98. The lowest BCUT2D eigenvalue weighted by Crippen LogP contribution is -2.55. The maximum Gasteiger partial charge on any atom is 0.460 e. The second-order valence-electron chi connectivity index (χ2n) is 5.98. The number of hydrogen-bond acceptors (Lipinski definition) is 5. The summed E-state index contributed by atoms with van der Waals surface area (Å²) in [6, 6.07) is -1.62. The van der Waals surface area contributed by atoms with Gasteiger partial charge in [-0.25, -0.2) is 9.59 Å². The minimum atomic E-state index is -6.56. The van der Waals surface area contributed by atoms with Crippen molar-refractivity contribution >= 4 is 18.0 Å². The smallest absolute Gasteiger partial charge is 0.457 e. The third-order valence-corrected chi connectivity index (χ3v) is 3.12. The van der Waals surface area contributed by atoms with Crippen molar-refractivity contribution in [3.05, 3.63) is 0 Å². The second kappa shape index (κ2) is 9.78. The lowest BCUT2D eigenvalue weighted by Gasteiger charge is -2.28. The Morgan fingerprint density at radius 2 is 1.54 bits per heavy atom. The predicted octanol–water partition coefficient (Wildman–Crippen LogP) is 2.25. The average Bonchev–Trinajstić information content (AvgIpc) is 2.55. The van der Waals surface area contributed by atoms with Crippen LogP contribution >= 0.6 is 0 Å². The third kappa shape index (κ3) is 7.38. The number of methoxy groups -OCH3 is 1. The van der Waals surface area contributed by atoms with E-state index in [4.69, 9.17) is 0 Å². The zero-order chi connectivity index (χ0) is 22.3. The Hall–Kier alpha value is -2.28. The molecule has 0 spiro atoms. The third-order valence-electron chi connectivity index (χ3n) is 3.12. The topological polar surface area (TPSA) is 93.7 Å². The van der Waals surface area contributed by atoms with Crippen molar-refractivity contribution in [3.8, 4) is 0 Å². The van der Waals surface area contributed by atoms with Crippen molar-refractivity contribution in [3.63, 3.8) is 0 Å². The molecule has 14 heteroatoms. The molecular weight excluding hydrogens is 409 g/mol. The van der Waals surface area contributed by atoms with E-state index in [2.05, 4.69) is 9.47 Å². The first-order valence-corrected chi connectivity index (χ1v) is 7.65. The Morgan fingerprint density at radius 3 is 1.96 bits per heavy atom. The highest BCUT2D eigenvalue weighted by Gasteiger charge is 2.73. The van der Waals surface area contributed by atoms with Crippen LogP contribution in [-0.2, 0) is 19.1 Å². The molecule has 1 atom stereocenters. The SMILES string of the molecule is COC(=O)NCC(=O)NC(CC(C)C)C(=O)OCC(F)(F)C(F)(F)C(F)(F)F. The van der Waals surface area contributed by atoms with Crippen LogP contribution in [0.15, 0.2) is 0 Å². The van der Waals surface area contributed by atoms with E-state index >= 15 is 0 Å². The normalized spacial score (nSPS) is 13.7. The van der Waals surface area contributed by atoms with E-state index in [1.807, 2.05) is 10.6 Å². The van der Waals surface area contributed by atoms with Crippen molar-refractivity contribution in [2.75, 3.05) is 20.3 Å². The fourth-order valence-electron chi connectivity index (χ4n) is 1.72. The number of amides is 2. The number of alkyl carbamates (subject to hydrolysis) is 1. The maximum absolute atomic E-state index is 13.2. The summed E-state index contributed by atoms with van der Waals surface area (Å²) in [5.41, 5.74) is 0. The van der Waals surface area contributed by atoms with Gasteiger partial charge in [0.05, 0.1) is 7.11 Å². The number of halogens is 7. The Balaban J connectivity index is 5.03. The van der Waals surface area contributed by atoms with Gasteiger partial charge < -0.3 is 20.1 Å². The number of rotatable bonds is 9. The van der Waals surface area contributed by atoms with Gasteiger partial charge in [0, 0.05) is 0 Å². The molecule has 7 nitrogen and oxygen atoms in total. The molecule has 0 fully saturated rings. The molecule has 0 heterocycles. The van der Waals surface area contributed by atoms with Gasteiger partial charge in [-0.15, -0.1) is 0 Å². The molecule has 0 aromatic carbocycles. The monoisotopic (exact) mass is 428 g/mol. The van der Waals surface area contributed by atoms with Gasteiger partial charge in [-0.3, -0.25) is 4.79 Å². The van der Waals surface area contributed by atoms with Crippen LogP contribution in [0.3, 0.4) is 0 Å². The number of nitrogens with one attached hydrogen (secondary N) is 2. The standard InChI is InChI=1S/C14H19F7N2O5/c1-7(2)4-8(23-9(24)5-22-11(26)27-3)10(25)28-6-12(15,16)13(17,18)14(19,20)21/h7-8H,4-6H2,1-3H3,(H,22,26)(H,23,24). The summed E-state index contributed by atoms with van der Waals surface area (Å²) in [5.74, 6) is -15.1. The van der Waals surface area contributed by atoms with Crippen molar-refractivity contribution in [2.45, 2.75) is 44.3 Å². The number of hydrogen-bond donors (Lipinski definition) is 2. The zero-order valence-electron chi connectivity index (χ0n) is 15.0. The Labute approximate surface area is 154 Å². The minimum absolute atomic E-state index is 0.204. The number of ether oxygens (including phenoxy) is 2. The molecule has 28 heavy (non-hydrogen) atoms. The molecule has 0 saturated heterocycles. The fraction of sp³-hybridized carbons (Fsp3) is 0.786. The lowest BCUT2D eigenvalue weighted by molar-refractivity contribution is -0.359. The summed E-state index contributed by atoms with van der Waals surface area (Å²) in [6.07, 6.45) is -7.76. The van der Waals surface area contributed by atoms with E-state index < -0.39 is 55.2 Å². The molecule has 0 aliphatic rings. The average molecular weight is 428 g/mol. The van der Waals surface area contributed by atoms with Crippen LogP contribution in [0.5, 0.6) is 0 Å². The van der Waals surface area contributed by atoms with Crippen molar-refractivity contribution in [1.29, 1.82) is 0 Å². The molecule has 2 amide bonds. The van der Waals surface area contributed by atoms with Gasteiger partial charge in [-0.2, -0.15) is 30.7 Å². The Bertz CT molecular complexity index is 567. The summed E-state index contributed by atoms with van der Waals surface area (Å²) < 4.78 is 96.3. The molecule has 0 aliphatic heterocycles. The van der Waals surface area contributed by atoms with Gasteiger partial charge in [0.1, 0.15) is 12.6 Å². The van der Waals surface area contributed by atoms with E-state index in [-0.39, 0.29) is 12.3 Å². The zero-order valence-corrected chi connectivity index (χ0v) is 15.0. The fourth-order valence-corrected chi connectivity index (χ4v) is 1.72. The summed E-state index contributed by atoms with van der Waals surface area (Å²) >= 11 is 0. The summed E-state index contributed by atoms with van der Waals surface area (Å²) in [7, 11) is 1.00. The van der Waals surface area contributed by atoms with Gasteiger partial charge in [-0.05, 0) is 12.3 Å². The largest absolute Gasteiger partial charge is 0.460 e. The van der Waals surface area contributed by atoms with Crippen molar-refractivity contribution in [2.24, 2.45) is 5.92 Å². The molecule has 0 aliphatic carbocycles. The van der Waals surface area contributed by atoms with Crippen LogP contribution in [0.2, 0.25) is 0 Å². The van der Waals surface area contributed by atoms with Crippen molar-refractivity contribution in [1.82, 2.24) is 10.6 Å². The van der Waals surface area contributed by atoms with Crippen LogP contribution in [0.25, 0.3) is 0 Å². The molecule has 0 aromatic heterocycles. The van der Waals surface area contributed by atoms with Gasteiger partial charge >= 0.3 is 30.1 Å². The minimum Gasteiger partial charge on any atom is -0.457 e. The van der Waals surface area contributed by atoms with Crippen LogP contribution < -0.4 is 10.6 Å². The van der Waals surface area contributed by atoms with Crippen LogP contribution in [0.4, 0.5) is 35.5 Å². The number of carbonyl (C=O) groups excluding carboxylic acids is 3. The molecule has 164 valence electrons. The number of alkyl halides is 7. The summed E-state index contributed by atoms with van der Waals surface area (Å²) in [4.78, 5) is 34.3. The van der Waals surface area contributed by atoms with Gasteiger partial charge in [0.15, 0.2) is 6.61 Å². The maximum atomic E-state index is 13.2. The highest BCUT2D eigenvalue weighted by Crippen LogP contribution is 2.46. The molecule has 0 bridgehead atoms. The Morgan fingerprint density at radius 1 is 1.00 bits per heavy atom. The van der Waals surface area contributed by atoms with Gasteiger partial charge in [0.2, 0.25) is 5.91 Å². The second-order valence-corrected chi connectivity index (χ2v) is 5.98. The quantitative estimate of drug-likeness (QED) is 0.434. The first-order chi connectivity index (χ1) is 12.5. The van der Waals surface area contributed by atoms with Crippen LogP contribution in [-0.4, -0.2) is 62.3 Å². The van der Waals surface area contributed by atoms with E-state index in [1.54, 1.807) is 13.8 Å². The molecule has 0 rings (SSSR count). The highest BCUT2D eigenvalue weighted by molar-refractivity contribution is 5.87. The first-order valence-electron chi connectivity index (χ1n) is 7.65. The van der Waals surface area contributed by atoms with E-state index in [1.165, 1.54) is 0 Å². The van der Waals surface area contributed by atoms with Crippen LogP contribution in [0, 0.1) is 5.92 Å². The molecule has 2 N–H and O–H groups in total. The first kappa shape index (κ1) is 25.7. The van der Waals surface area contributed by atoms with Crippen molar-refractivity contribution < 1.29 is 54.6 Å². The highest BCUT2D eigenvalue weighted by atomic mass is 19.4. The molecule has 1 unspecified atom stereocenters.